The predicted molar refractivity (Wildman–Crippen MR) is 83.0 cm³/mol. The number of nitrogens with zero attached hydrogens (tertiary/aromatic N) is 1. The largest absolute Gasteiger partial charge is 0.357 e. The van der Waals surface area contributed by atoms with Gasteiger partial charge in [0, 0.05) is 16.0 Å². The molecule has 0 spiro atoms. The summed E-state index contributed by atoms with van der Waals surface area (Å²) in [6.07, 6.45) is 3.54. The first-order valence-corrected chi connectivity index (χ1v) is 7.71. The lowest BCUT2D eigenvalue weighted by atomic mass is 10.0. The summed E-state index contributed by atoms with van der Waals surface area (Å²) in [5, 5.41) is 4.55. The highest BCUT2D eigenvalue weighted by molar-refractivity contribution is 7.16. The lowest BCUT2D eigenvalue weighted by molar-refractivity contribution is 0.633. The summed E-state index contributed by atoms with van der Waals surface area (Å²) < 4.78 is 0. The number of aryl methyl sites for hydroxylation is 2. The van der Waals surface area contributed by atoms with Gasteiger partial charge in [0.15, 0.2) is 5.13 Å². The molecule has 0 fully saturated rings. The molecule has 3 heteroatoms. The van der Waals surface area contributed by atoms with Gasteiger partial charge in [0.2, 0.25) is 0 Å². The second-order valence-corrected chi connectivity index (χ2v) is 7.26. The third kappa shape index (κ3) is 2.66. The van der Waals surface area contributed by atoms with Gasteiger partial charge in [0.25, 0.3) is 0 Å². The Kier molecular flexibility index (Phi) is 3.09. The van der Waals surface area contributed by atoms with Crippen LogP contribution in [0.3, 0.4) is 0 Å². The molecule has 1 N–H and O–H groups in total. The fraction of sp³-hybridized carbons (Fsp3) is 0.438. The second kappa shape index (κ2) is 4.64. The van der Waals surface area contributed by atoms with E-state index in [1.54, 1.807) is 0 Å². The van der Waals surface area contributed by atoms with Crippen LogP contribution in [0.5, 0.6) is 0 Å². The van der Waals surface area contributed by atoms with E-state index in [4.69, 9.17) is 4.98 Å². The van der Waals surface area contributed by atoms with E-state index >= 15 is 0 Å². The third-order valence-corrected chi connectivity index (χ3v) is 4.33. The summed E-state index contributed by atoms with van der Waals surface area (Å²) in [6, 6.07) is 8.69. The van der Waals surface area contributed by atoms with Crippen molar-refractivity contribution in [2.45, 2.75) is 45.6 Å². The molecule has 1 aromatic heterocycles. The number of anilines is 1. The summed E-state index contributed by atoms with van der Waals surface area (Å²) >= 11 is 1.82. The molecular weight excluding hydrogens is 252 g/mol. The molecule has 0 atom stereocenters. The first kappa shape index (κ1) is 12.7. The molecule has 1 aromatic carbocycles. The Hall–Kier alpha value is -1.35. The van der Waals surface area contributed by atoms with Crippen LogP contribution < -0.4 is 5.32 Å². The maximum atomic E-state index is 4.84. The molecule has 3 rings (SSSR count). The minimum absolute atomic E-state index is 0.0655. The van der Waals surface area contributed by atoms with Gasteiger partial charge in [-0.1, -0.05) is 24.3 Å². The van der Waals surface area contributed by atoms with Gasteiger partial charge >= 0.3 is 0 Å². The van der Waals surface area contributed by atoms with E-state index in [0.717, 1.165) is 11.6 Å². The van der Waals surface area contributed by atoms with Crippen LogP contribution in [-0.4, -0.2) is 10.5 Å². The quantitative estimate of drug-likeness (QED) is 0.826. The molecule has 1 heterocycles. The molecule has 0 unspecified atom stereocenters. The van der Waals surface area contributed by atoms with Crippen molar-refractivity contribution in [1.82, 2.24) is 4.98 Å². The van der Waals surface area contributed by atoms with Crippen molar-refractivity contribution in [3.8, 4) is 11.3 Å². The first-order chi connectivity index (χ1) is 9.03. The SMILES string of the molecule is CC(C)(C)Nc1nc2c(s1)CCCc1ccccc1-2. The molecule has 0 aliphatic heterocycles. The van der Waals surface area contributed by atoms with Gasteiger partial charge in [-0.3, -0.25) is 0 Å². The van der Waals surface area contributed by atoms with E-state index in [2.05, 4.69) is 50.4 Å². The monoisotopic (exact) mass is 272 g/mol. The van der Waals surface area contributed by atoms with Crippen LogP contribution in [0.2, 0.25) is 0 Å². The van der Waals surface area contributed by atoms with Crippen molar-refractivity contribution in [2.75, 3.05) is 5.32 Å². The number of hydrogen-bond donors (Lipinski definition) is 1. The zero-order valence-corrected chi connectivity index (χ0v) is 12.6. The van der Waals surface area contributed by atoms with Gasteiger partial charge in [0.1, 0.15) is 0 Å². The lowest BCUT2D eigenvalue weighted by Crippen LogP contribution is -2.25. The molecule has 1 aliphatic rings. The number of rotatable bonds is 1. The van der Waals surface area contributed by atoms with E-state index < -0.39 is 0 Å². The summed E-state index contributed by atoms with van der Waals surface area (Å²) in [4.78, 5) is 6.27. The summed E-state index contributed by atoms with van der Waals surface area (Å²) in [6.45, 7) is 6.52. The smallest absolute Gasteiger partial charge is 0.183 e. The van der Waals surface area contributed by atoms with Crippen LogP contribution in [0, 0.1) is 0 Å². The molecule has 2 aromatic rings. The van der Waals surface area contributed by atoms with Crippen molar-refractivity contribution in [3.05, 3.63) is 34.7 Å². The van der Waals surface area contributed by atoms with Gasteiger partial charge in [-0.2, -0.15) is 0 Å². The predicted octanol–water partition coefficient (Wildman–Crippen LogP) is 4.51. The Morgan fingerprint density at radius 2 is 1.95 bits per heavy atom. The first-order valence-electron chi connectivity index (χ1n) is 6.89. The van der Waals surface area contributed by atoms with Gasteiger partial charge in [-0.25, -0.2) is 4.98 Å². The number of hydrogen-bond acceptors (Lipinski definition) is 3. The van der Waals surface area contributed by atoms with E-state index in [1.807, 2.05) is 11.3 Å². The molecule has 1 aliphatic carbocycles. The topological polar surface area (TPSA) is 24.9 Å². The Labute approximate surface area is 118 Å². The number of thiazole rings is 1. The Morgan fingerprint density at radius 1 is 1.16 bits per heavy atom. The third-order valence-electron chi connectivity index (χ3n) is 3.30. The highest BCUT2D eigenvalue weighted by Gasteiger charge is 2.20. The van der Waals surface area contributed by atoms with E-state index in [1.165, 1.54) is 34.5 Å². The van der Waals surface area contributed by atoms with Crippen molar-refractivity contribution in [1.29, 1.82) is 0 Å². The van der Waals surface area contributed by atoms with E-state index in [0.29, 0.717) is 0 Å². The Morgan fingerprint density at radius 3 is 2.74 bits per heavy atom. The Bertz CT molecular complexity index is 593. The summed E-state index contributed by atoms with van der Waals surface area (Å²) in [7, 11) is 0. The molecular formula is C16H20N2S. The number of aromatic nitrogens is 1. The van der Waals surface area contributed by atoms with Crippen molar-refractivity contribution in [2.24, 2.45) is 0 Å². The highest BCUT2D eigenvalue weighted by atomic mass is 32.1. The minimum Gasteiger partial charge on any atom is -0.357 e. The van der Waals surface area contributed by atoms with Crippen molar-refractivity contribution in [3.63, 3.8) is 0 Å². The summed E-state index contributed by atoms with van der Waals surface area (Å²) in [5.41, 5.74) is 4.03. The zero-order chi connectivity index (χ0) is 13.5. The number of benzene rings is 1. The van der Waals surface area contributed by atoms with Gasteiger partial charge in [-0.15, -0.1) is 11.3 Å². The zero-order valence-electron chi connectivity index (χ0n) is 11.8. The van der Waals surface area contributed by atoms with E-state index in [9.17, 15) is 0 Å². The van der Waals surface area contributed by atoms with Gasteiger partial charge < -0.3 is 5.32 Å². The van der Waals surface area contributed by atoms with Crippen LogP contribution >= 0.6 is 11.3 Å². The minimum atomic E-state index is 0.0655. The van der Waals surface area contributed by atoms with Gasteiger partial charge in [0.05, 0.1) is 5.69 Å². The van der Waals surface area contributed by atoms with Crippen molar-refractivity contribution < 1.29 is 0 Å². The summed E-state index contributed by atoms with van der Waals surface area (Å²) in [5.74, 6) is 0. The fourth-order valence-corrected chi connectivity index (χ4v) is 3.74. The standard InChI is InChI=1S/C16H20N2S/c1-16(2,3)18-15-17-14-12-9-5-4-7-11(12)8-6-10-13(14)19-15/h4-5,7,9H,6,8,10H2,1-3H3,(H,17,18). The second-order valence-electron chi connectivity index (χ2n) is 6.18. The number of nitrogens with one attached hydrogen (secondary N) is 1. The van der Waals surface area contributed by atoms with Crippen LogP contribution in [0.15, 0.2) is 24.3 Å². The maximum Gasteiger partial charge on any atom is 0.183 e. The molecule has 0 saturated carbocycles. The average Bonchev–Trinajstić information content (AvgIpc) is 2.62. The molecule has 0 bridgehead atoms. The molecule has 2 nitrogen and oxygen atoms in total. The number of fused-ring (bicyclic) bond motifs is 3. The molecule has 0 saturated heterocycles. The van der Waals surface area contributed by atoms with Gasteiger partial charge in [-0.05, 0) is 45.6 Å². The van der Waals surface area contributed by atoms with Crippen LogP contribution in [0.25, 0.3) is 11.3 Å². The average molecular weight is 272 g/mol. The molecule has 19 heavy (non-hydrogen) atoms. The van der Waals surface area contributed by atoms with Crippen molar-refractivity contribution >= 4 is 16.5 Å². The van der Waals surface area contributed by atoms with Crippen LogP contribution in [0.4, 0.5) is 5.13 Å². The van der Waals surface area contributed by atoms with E-state index in [-0.39, 0.29) is 5.54 Å². The maximum absolute atomic E-state index is 4.84. The van der Waals surface area contributed by atoms with Crippen LogP contribution in [-0.2, 0) is 12.8 Å². The molecule has 0 amide bonds. The normalized spacial score (nSPS) is 14.5. The molecule has 100 valence electrons. The van der Waals surface area contributed by atoms with Crippen LogP contribution in [0.1, 0.15) is 37.6 Å². The lowest BCUT2D eigenvalue weighted by Gasteiger charge is -2.19. The molecule has 0 radical (unpaired) electrons. The highest BCUT2D eigenvalue weighted by Crippen LogP contribution is 2.37. The Balaban J connectivity index is 2.04. The fourth-order valence-electron chi connectivity index (χ4n) is 2.51.